The van der Waals surface area contributed by atoms with Gasteiger partial charge in [0, 0.05) is 30.0 Å². The predicted octanol–water partition coefficient (Wildman–Crippen LogP) is 3.54. The van der Waals surface area contributed by atoms with Crippen LogP contribution in [0.3, 0.4) is 0 Å². The molecule has 24 heavy (non-hydrogen) atoms. The number of hydrogen-bond donors (Lipinski definition) is 2. The first-order chi connectivity index (χ1) is 11.5. The maximum Gasteiger partial charge on any atom is 0.254 e. The molecule has 0 aliphatic carbocycles. The molecule has 124 valence electrons. The van der Waals surface area contributed by atoms with Crippen molar-refractivity contribution in [3.8, 4) is 0 Å². The van der Waals surface area contributed by atoms with Crippen LogP contribution in [0.1, 0.15) is 32.7 Å². The molecule has 1 aromatic carbocycles. The van der Waals surface area contributed by atoms with E-state index in [1.165, 1.54) is 28.3 Å². The predicted molar refractivity (Wildman–Crippen MR) is 97.5 cm³/mol. The molecule has 1 amide bonds. The number of thioether (sulfide) groups is 1. The average molecular weight is 340 g/mol. The Labute approximate surface area is 145 Å². The van der Waals surface area contributed by atoms with Crippen LogP contribution in [0.4, 0.5) is 0 Å². The third kappa shape index (κ3) is 3.14. The monoisotopic (exact) mass is 340 g/mol. The van der Waals surface area contributed by atoms with E-state index in [2.05, 4.69) is 53.2 Å². The summed E-state index contributed by atoms with van der Waals surface area (Å²) in [4.78, 5) is 24.0. The number of carbonyl (C=O) groups is 1. The summed E-state index contributed by atoms with van der Waals surface area (Å²) in [5, 5.41) is 4.82. The number of fused-ring (bicyclic) bond motifs is 1. The number of benzene rings is 1. The first-order valence-corrected chi connectivity index (χ1v) is 8.94. The Morgan fingerprint density at radius 1 is 1.21 bits per heavy atom. The molecule has 3 aromatic rings. The standard InChI is InChI=1S/C18H20N4OS/c1-10-5-13(16-15(6-10)11(2)12(3)22-16)7-19-17(23)14-8-20-18(24-4)21-9-14/h5-6,8-9,22H,7H2,1-4H3,(H,19,23). The zero-order valence-corrected chi connectivity index (χ0v) is 15.0. The van der Waals surface area contributed by atoms with E-state index in [-0.39, 0.29) is 5.91 Å². The number of nitrogens with one attached hydrogen (secondary N) is 2. The minimum Gasteiger partial charge on any atom is -0.358 e. The summed E-state index contributed by atoms with van der Waals surface area (Å²) in [6, 6.07) is 4.28. The fourth-order valence-corrected chi connectivity index (χ4v) is 3.06. The molecule has 0 spiro atoms. The SMILES string of the molecule is CSc1ncc(C(=O)NCc2cc(C)cc3c(C)c(C)[nH]c23)cn1. The van der Waals surface area contributed by atoms with Crippen LogP contribution in [0.15, 0.2) is 29.7 Å². The highest BCUT2D eigenvalue weighted by Gasteiger charge is 2.12. The number of rotatable bonds is 4. The van der Waals surface area contributed by atoms with Crippen molar-refractivity contribution in [1.29, 1.82) is 0 Å². The van der Waals surface area contributed by atoms with E-state index >= 15 is 0 Å². The second-order valence-electron chi connectivity index (χ2n) is 5.86. The summed E-state index contributed by atoms with van der Waals surface area (Å²) < 4.78 is 0. The van der Waals surface area contributed by atoms with Crippen molar-refractivity contribution in [3.05, 3.63) is 52.5 Å². The van der Waals surface area contributed by atoms with Crippen LogP contribution in [0, 0.1) is 20.8 Å². The molecular formula is C18H20N4OS. The quantitative estimate of drug-likeness (QED) is 0.563. The van der Waals surface area contributed by atoms with Crippen molar-refractivity contribution in [2.24, 2.45) is 0 Å². The van der Waals surface area contributed by atoms with Gasteiger partial charge in [-0.1, -0.05) is 23.4 Å². The molecule has 0 aliphatic heterocycles. The van der Waals surface area contributed by atoms with E-state index < -0.39 is 0 Å². The molecule has 0 saturated heterocycles. The molecule has 0 fully saturated rings. The third-order valence-electron chi connectivity index (χ3n) is 4.16. The van der Waals surface area contributed by atoms with E-state index in [4.69, 9.17) is 0 Å². The van der Waals surface area contributed by atoms with E-state index in [0.717, 1.165) is 16.8 Å². The number of hydrogen-bond acceptors (Lipinski definition) is 4. The molecule has 0 unspecified atom stereocenters. The maximum atomic E-state index is 12.3. The lowest BCUT2D eigenvalue weighted by atomic mass is 10.0. The largest absolute Gasteiger partial charge is 0.358 e. The van der Waals surface area contributed by atoms with Gasteiger partial charge in [-0.15, -0.1) is 0 Å². The number of carbonyl (C=O) groups excluding carboxylic acids is 1. The number of aromatic nitrogens is 3. The van der Waals surface area contributed by atoms with E-state index in [0.29, 0.717) is 17.3 Å². The van der Waals surface area contributed by atoms with Crippen molar-refractivity contribution in [3.63, 3.8) is 0 Å². The fourth-order valence-electron chi connectivity index (χ4n) is 2.74. The molecule has 0 saturated carbocycles. The van der Waals surface area contributed by atoms with Gasteiger partial charge in [-0.05, 0) is 44.2 Å². The smallest absolute Gasteiger partial charge is 0.254 e. The molecule has 2 N–H and O–H groups in total. The van der Waals surface area contributed by atoms with Gasteiger partial charge in [0.1, 0.15) is 0 Å². The zero-order valence-electron chi connectivity index (χ0n) is 14.2. The van der Waals surface area contributed by atoms with Gasteiger partial charge in [-0.2, -0.15) is 0 Å². The van der Waals surface area contributed by atoms with Crippen LogP contribution in [-0.2, 0) is 6.54 Å². The van der Waals surface area contributed by atoms with Gasteiger partial charge in [0.15, 0.2) is 5.16 Å². The zero-order chi connectivity index (χ0) is 17.3. The second-order valence-corrected chi connectivity index (χ2v) is 6.64. The Kier molecular flexibility index (Phi) is 4.57. The van der Waals surface area contributed by atoms with Crippen molar-refractivity contribution in [2.45, 2.75) is 32.5 Å². The van der Waals surface area contributed by atoms with Crippen LogP contribution in [0.5, 0.6) is 0 Å². The molecule has 0 bridgehead atoms. The van der Waals surface area contributed by atoms with Crippen molar-refractivity contribution in [1.82, 2.24) is 20.3 Å². The highest BCUT2D eigenvalue weighted by molar-refractivity contribution is 7.98. The van der Waals surface area contributed by atoms with Gasteiger partial charge in [0.2, 0.25) is 0 Å². The molecular weight excluding hydrogens is 320 g/mol. The second kappa shape index (κ2) is 6.65. The molecule has 0 aliphatic rings. The van der Waals surface area contributed by atoms with Crippen molar-refractivity contribution >= 4 is 28.6 Å². The van der Waals surface area contributed by atoms with Gasteiger partial charge in [0.25, 0.3) is 5.91 Å². The van der Waals surface area contributed by atoms with Gasteiger partial charge in [-0.3, -0.25) is 4.79 Å². The first kappa shape index (κ1) is 16.5. The lowest BCUT2D eigenvalue weighted by molar-refractivity contribution is 0.0950. The first-order valence-electron chi connectivity index (χ1n) is 7.72. The number of aromatic amines is 1. The molecule has 3 rings (SSSR count). The summed E-state index contributed by atoms with van der Waals surface area (Å²) in [5.41, 5.74) is 6.23. The molecule has 2 heterocycles. The van der Waals surface area contributed by atoms with Gasteiger partial charge < -0.3 is 10.3 Å². The lowest BCUT2D eigenvalue weighted by Gasteiger charge is -2.08. The van der Waals surface area contributed by atoms with E-state index in [1.54, 1.807) is 12.4 Å². The molecule has 6 heteroatoms. The van der Waals surface area contributed by atoms with Gasteiger partial charge in [-0.25, -0.2) is 9.97 Å². The third-order valence-corrected chi connectivity index (χ3v) is 4.73. The van der Waals surface area contributed by atoms with Gasteiger partial charge in [0.05, 0.1) is 11.1 Å². The summed E-state index contributed by atoms with van der Waals surface area (Å²) >= 11 is 1.45. The summed E-state index contributed by atoms with van der Waals surface area (Å²) in [7, 11) is 0. The van der Waals surface area contributed by atoms with Crippen molar-refractivity contribution < 1.29 is 4.79 Å². The average Bonchev–Trinajstić information content (AvgIpc) is 2.87. The van der Waals surface area contributed by atoms with Crippen LogP contribution < -0.4 is 5.32 Å². The van der Waals surface area contributed by atoms with E-state index in [1.807, 2.05) is 6.26 Å². The summed E-state index contributed by atoms with van der Waals surface area (Å²) in [6.45, 7) is 6.71. The van der Waals surface area contributed by atoms with Gasteiger partial charge >= 0.3 is 0 Å². The Balaban J connectivity index is 1.82. The molecule has 2 aromatic heterocycles. The Morgan fingerprint density at radius 3 is 2.58 bits per heavy atom. The number of nitrogens with zero attached hydrogens (tertiary/aromatic N) is 2. The number of aryl methyl sites for hydroxylation is 3. The molecule has 5 nitrogen and oxygen atoms in total. The highest BCUT2D eigenvalue weighted by Crippen LogP contribution is 2.26. The summed E-state index contributed by atoms with van der Waals surface area (Å²) in [6.07, 6.45) is 5.02. The minimum absolute atomic E-state index is 0.169. The Hall–Kier alpha value is -2.34. The Bertz CT molecular complexity index is 900. The van der Waals surface area contributed by atoms with E-state index in [9.17, 15) is 4.79 Å². The highest BCUT2D eigenvalue weighted by atomic mass is 32.2. The van der Waals surface area contributed by atoms with Crippen molar-refractivity contribution in [2.75, 3.05) is 6.26 Å². The number of amides is 1. The summed E-state index contributed by atoms with van der Waals surface area (Å²) in [5.74, 6) is -0.169. The van der Waals surface area contributed by atoms with Crippen LogP contribution in [0.2, 0.25) is 0 Å². The van der Waals surface area contributed by atoms with Crippen LogP contribution in [0.25, 0.3) is 10.9 Å². The van der Waals surface area contributed by atoms with Crippen LogP contribution >= 0.6 is 11.8 Å². The topological polar surface area (TPSA) is 70.7 Å². The minimum atomic E-state index is -0.169. The fraction of sp³-hybridized carbons (Fsp3) is 0.278. The molecule has 0 atom stereocenters. The number of H-pyrrole nitrogens is 1. The lowest BCUT2D eigenvalue weighted by Crippen LogP contribution is -2.23. The molecule has 0 radical (unpaired) electrons. The normalized spacial score (nSPS) is 11.0. The van der Waals surface area contributed by atoms with Crippen LogP contribution in [-0.4, -0.2) is 27.1 Å². The Morgan fingerprint density at radius 2 is 1.92 bits per heavy atom. The maximum absolute atomic E-state index is 12.3.